The number of fused-ring (bicyclic) bond motifs is 1. The van der Waals surface area contributed by atoms with Gasteiger partial charge in [-0.1, -0.05) is 23.8 Å². The minimum Gasteiger partial charge on any atom is -0.444 e. The van der Waals surface area contributed by atoms with Crippen molar-refractivity contribution in [1.82, 2.24) is 4.90 Å². The average molecular weight is 247 g/mol. The highest BCUT2D eigenvalue weighted by atomic mass is 16.6. The molecule has 1 aromatic carbocycles. The molecule has 1 aromatic rings. The number of carbonyl (C=O) groups is 1. The predicted octanol–water partition coefficient (Wildman–Crippen LogP) is 3.29. The number of carbonyl (C=O) groups excluding carboxylic acids is 1. The monoisotopic (exact) mass is 247 g/mol. The maximum atomic E-state index is 12.0. The molecule has 0 fully saturated rings. The first-order chi connectivity index (χ1) is 8.35. The van der Waals surface area contributed by atoms with Crippen molar-refractivity contribution in [1.29, 1.82) is 0 Å². The lowest BCUT2D eigenvalue weighted by Gasteiger charge is -2.31. The van der Waals surface area contributed by atoms with Gasteiger partial charge in [0.2, 0.25) is 0 Å². The largest absolute Gasteiger partial charge is 0.444 e. The van der Waals surface area contributed by atoms with Gasteiger partial charge in [-0.05, 0) is 45.2 Å². The van der Waals surface area contributed by atoms with Crippen molar-refractivity contribution in [3.63, 3.8) is 0 Å². The van der Waals surface area contributed by atoms with Crippen molar-refractivity contribution >= 4 is 6.09 Å². The summed E-state index contributed by atoms with van der Waals surface area (Å²) in [6.07, 6.45) is 0.698. The van der Waals surface area contributed by atoms with Crippen LogP contribution < -0.4 is 0 Å². The third-order valence-electron chi connectivity index (χ3n) is 3.03. The Labute approximate surface area is 109 Å². The summed E-state index contributed by atoms with van der Waals surface area (Å²) in [5.74, 6) is 0. The van der Waals surface area contributed by atoms with E-state index in [1.807, 2.05) is 20.8 Å². The number of nitrogens with zero attached hydrogens (tertiary/aromatic N) is 1. The van der Waals surface area contributed by atoms with Gasteiger partial charge in [-0.15, -0.1) is 0 Å². The average Bonchev–Trinajstić information content (AvgIpc) is 2.25. The van der Waals surface area contributed by atoms with Crippen LogP contribution in [0.5, 0.6) is 0 Å². The molecule has 0 atom stereocenters. The normalized spacial score (nSPS) is 15.2. The SMILES string of the molecule is Cc1ccc2c(c1)CN(C(=O)OC(C)(C)C)CC2. The van der Waals surface area contributed by atoms with E-state index < -0.39 is 5.60 Å². The fourth-order valence-electron chi connectivity index (χ4n) is 2.17. The topological polar surface area (TPSA) is 29.5 Å². The van der Waals surface area contributed by atoms with Crippen molar-refractivity contribution in [2.75, 3.05) is 6.54 Å². The standard InChI is InChI=1S/C15H21NO2/c1-11-5-6-12-7-8-16(10-13(12)9-11)14(17)18-15(2,3)4/h5-6,9H,7-8,10H2,1-4H3. The third kappa shape index (κ3) is 3.03. The molecule has 18 heavy (non-hydrogen) atoms. The summed E-state index contributed by atoms with van der Waals surface area (Å²) in [6.45, 7) is 9.16. The smallest absolute Gasteiger partial charge is 0.410 e. The third-order valence-corrected chi connectivity index (χ3v) is 3.03. The zero-order valence-corrected chi connectivity index (χ0v) is 11.6. The molecule has 2 rings (SSSR count). The van der Waals surface area contributed by atoms with Crippen LogP contribution >= 0.6 is 0 Å². The van der Waals surface area contributed by atoms with Gasteiger partial charge in [0.15, 0.2) is 0 Å². The fourth-order valence-corrected chi connectivity index (χ4v) is 2.17. The Bertz CT molecular complexity index is 460. The Morgan fingerprint density at radius 3 is 2.67 bits per heavy atom. The van der Waals surface area contributed by atoms with Crippen molar-refractivity contribution < 1.29 is 9.53 Å². The maximum absolute atomic E-state index is 12.0. The molecule has 0 aliphatic carbocycles. The lowest BCUT2D eigenvalue weighted by Crippen LogP contribution is -2.39. The molecule has 0 bridgehead atoms. The Hall–Kier alpha value is -1.51. The molecule has 0 saturated heterocycles. The van der Waals surface area contributed by atoms with E-state index in [9.17, 15) is 4.79 Å². The van der Waals surface area contributed by atoms with Crippen molar-refractivity contribution in [3.05, 3.63) is 34.9 Å². The van der Waals surface area contributed by atoms with Crippen LogP contribution in [0, 0.1) is 6.92 Å². The highest BCUT2D eigenvalue weighted by molar-refractivity contribution is 5.68. The molecular weight excluding hydrogens is 226 g/mol. The van der Waals surface area contributed by atoms with E-state index in [0.29, 0.717) is 6.54 Å². The molecule has 3 nitrogen and oxygen atoms in total. The number of hydrogen-bond acceptors (Lipinski definition) is 2. The Morgan fingerprint density at radius 1 is 1.28 bits per heavy atom. The molecule has 3 heteroatoms. The van der Waals surface area contributed by atoms with Gasteiger partial charge in [0, 0.05) is 13.1 Å². The summed E-state index contributed by atoms with van der Waals surface area (Å²) in [4.78, 5) is 13.8. The molecule has 0 radical (unpaired) electrons. The maximum Gasteiger partial charge on any atom is 0.410 e. The van der Waals surface area contributed by atoms with Gasteiger partial charge in [-0.2, -0.15) is 0 Å². The zero-order chi connectivity index (χ0) is 13.3. The molecule has 0 unspecified atom stereocenters. The van der Waals surface area contributed by atoms with Crippen molar-refractivity contribution in [3.8, 4) is 0 Å². The summed E-state index contributed by atoms with van der Waals surface area (Å²) in [6, 6.07) is 6.45. The first kappa shape index (κ1) is 12.9. The number of aryl methyl sites for hydroxylation is 1. The molecule has 1 aliphatic heterocycles. The molecular formula is C15H21NO2. The van der Waals surface area contributed by atoms with Crippen molar-refractivity contribution in [2.45, 2.75) is 46.3 Å². The van der Waals surface area contributed by atoms with Crippen LogP contribution in [0.25, 0.3) is 0 Å². The highest BCUT2D eigenvalue weighted by Crippen LogP contribution is 2.21. The number of amides is 1. The van der Waals surface area contributed by atoms with E-state index in [0.717, 1.165) is 13.0 Å². The predicted molar refractivity (Wildman–Crippen MR) is 71.5 cm³/mol. The van der Waals surface area contributed by atoms with Crippen LogP contribution in [-0.4, -0.2) is 23.1 Å². The van der Waals surface area contributed by atoms with Gasteiger partial charge in [-0.3, -0.25) is 0 Å². The van der Waals surface area contributed by atoms with Crippen LogP contribution in [0.2, 0.25) is 0 Å². The fraction of sp³-hybridized carbons (Fsp3) is 0.533. The number of benzene rings is 1. The molecule has 0 aromatic heterocycles. The van der Waals surface area contributed by atoms with Gasteiger partial charge in [0.05, 0.1) is 0 Å². The first-order valence-corrected chi connectivity index (χ1v) is 6.41. The Kier molecular flexibility index (Phi) is 3.33. The summed E-state index contributed by atoms with van der Waals surface area (Å²) in [7, 11) is 0. The molecule has 0 N–H and O–H groups in total. The number of rotatable bonds is 0. The van der Waals surface area contributed by atoms with Gasteiger partial charge in [0.25, 0.3) is 0 Å². The van der Waals surface area contributed by atoms with Crippen LogP contribution in [0.3, 0.4) is 0 Å². The summed E-state index contributed by atoms with van der Waals surface area (Å²) >= 11 is 0. The van der Waals surface area contributed by atoms with E-state index >= 15 is 0 Å². The van der Waals surface area contributed by atoms with Gasteiger partial charge < -0.3 is 9.64 Å². The molecule has 1 heterocycles. The van der Waals surface area contributed by atoms with Crippen LogP contribution in [0.4, 0.5) is 4.79 Å². The van der Waals surface area contributed by atoms with E-state index in [2.05, 4.69) is 25.1 Å². The zero-order valence-electron chi connectivity index (χ0n) is 11.6. The summed E-state index contributed by atoms with van der Waals surface area (Å²) in [5.41, 5.74) is 3.40. The molecule has 98 valence electrons. The second-order valence-electron chi connectivity index (χ2n) is 5.92. The van der Waals surface area contributed by atoms with Crippen LogP contribution in [0.15, 0.2) is 18.2 Å². The first-order valence-electron chi connectivity index (χ1n) is 6.41. The quantitative estimate of drug-likeness (QED) is 0.704. The lowest BCUT2D eigenvalue weighted by atomic mass is 9.98. The molecule has 1 amide bonds. The second-order valence-corrected chi connectivity index (χ2v) is 5.92. The molecule has 0 spiro atoms. The number of hydrogen-bond donors (Lipinski definition) is 0. The van der Waals surface area contributed by atoms with E-state index in [-0.39, 0.29) is 6.09 Å². The minimum atomic E-state index is -0.427. The summed E-state index contributed by atoms with van der Waals surface area (Å²) in [5, 5.41) is 0. The van der Waals surface area contributed by atoms with E-state index in [4.69, 9.17) is 4.74 Å². The van der Waals surface area contributed by atoms with Crippen LogP contribution in [-0.2, 0) is 17.7 Å². The second kappa shape index (κ2) is 4.63. The minimum absolute atomic E-state index is 0.213. The Balaban J connectivity index is 2.09. The van der Waals surface area contributed by atoms with Gasteiger partial charge in [0.1, 0.15) is 5.60 Å². The van der Waals surface area contributed by atoms with E-state index in [1.165, 1.54) is 16.7 Å². The summed E-state index contributed by atoms with van der Waals surface area (Å²) < 4.78 is 5.41. The van der Waals surface area contributed by atoms with Crippen LogP contribution in [0.1, 0.15) is 37.5 Å². The van der Waals surface area contributed by atoms with E-state index in [1.54, 1.807) is 4.90 Å². The molecule has 1 aliphatic rings. The van der Waals surface area contributed by atoms with Gasteiger partial charge >= 0.3 is 6.09 Å². The van der Waals surface area contributed by atoms with Crippen molar-refractivity contribution in [2.24, 2.45) is 0 Å². The van der Waals surface area contributed by atoms with Gasteiger partial charge in [-0.25, -0.2) is 4.79 Å². The highest BCUT2D eigenvalue weighted by Gasteiger charge is 2.25. The Morgan fingerprint density at radius 2 is 2.00 bits per heavy atom. The number of ether oxygens (including phenoxy) is 1. The lowest BCUT2D eigenvalue weighted by molar-refractivity contribution is 0.0224. The molecule has 0 saturated carbocycles.